The van der Waals surface area contributed by atoms with Crippen molar-refractivity contribution in [3.8, 4) is 0 Å². The highest BCUT2D eigenvalue weighted by atomic mass is 32.2. The van der Waals surface area contributed by atoms with Crippen LogP contribution in [0.3, 0.4) is 0 Å². The monoisotopic (exact) mass is 434 g/mol. The number of amides is 1. The summed E-state index contributed by atoms with van der Waals surface area (Å²) in [6.45, 7) is 2.83. The largest absolute Gasteiger partial charge is 0.316 e. The van der Waals surface area contributed by atoms with Gasteiger partial charge in [0.15, 0.2) is 9.84 Å². The Morgan fingerprint density at radius 1 is 1.10 bits per heavy atom. The first-order valence-corrected chi connectivity index (χ1v) is 13.6. The van der Waals surface area contributed by atoms with E-state index in [0.29, 0.717) is 17.9 Å². The molecule has 4 atom stereocenters. The number of rotatable bonds is 5. The van der Waals surface area contributed by atoms with Gasteiger partial charge in [0, 0.05) is 36.5 Å². The Morgan fingerprint density at radius 2 is 1.87 bits per heavy atom. The lowest BCUT2D eigenvalue weighted by Crippen LogP contribution is -2.39. The summed E-state index contributed by atoms with van der Waals surface area (Å²) in [6, 6.07) is 0.843. The first-order valence-electron chi connectivity index (χ1n) is 12.0. The van der Waals surface area contributed by atoms with Gasteiger partial charge in [-0.1, -0.05) is 25.3 Å². The van der Waals surface area contributed by atoms with Gasteiger partial charge in [-0.15, -0.1) is 0 Å². The first kappa shape index (κ1) is 22.1. The van der Waals surface area contributed by atoms with E-state index in [1.54, 1.807) is 12.3 Å². The third-order valence-corrected chi connectivity index (χ3v) is 9.99. The minimum atomic E-state index is -3.13. The summed E-state index contributed by atoms with van der Waals surface area (Å²) >= 11 is 0. The molecule has 0 bridgehead atoms. The summed E-state index contributed by atoms with van der Waals surface area (Å²) in [5, 5.41) is 1.37. The van der Waals surface area contributed by atoms with E-state index in [-0.39, 0.29) is 17.2 Å². The molecule has 0 radical (unpaired) electrons. The van der Waals surface area contributed by atoms with Crippen LogP contribution in [0.5, 0.6) is 0 Å². The van der Waals surface area contributed by atoms with Crippen molar-refractivity contribution < 1.29 is 13.2 Å². The second-order valence-electron chi connectivity index (χ2n) is 10.0. The van der Waals surface area contributed by atoms with Gasteiger partial charge >= 0.3 is 0 Å². The molecule has 4 aliphatic rings. The number of carbonyl (C=O) groups is 1. The zero-order valence-corrected chi connectivity index (χ0v) is 19.4. The van der Waals surface area contributed by atoms with Crippen LogP contribution in [0.2, 0.25) is 0 Å². The first-order chi connectivity index (χ1) is 14.3. The lowest BCUT2D eigenvalue weighted by Gasteiger charge is -2.36. The van der Waals surface area contributed by atoms with Gasteiger partial charge in [-0.2, -0.15) is 0 Å². The van der Waals surface area contributed by atoms with Crippen molar-refractivity contribution in [2.24, 2.45) is 11.8 Å². The number of carbonyl (C=O) groups excluding carboxylic acids is 1. The fourth-order valence-corrected chi connectivity index (χ4v) is 7.88. The molecule has 0 aromatic carbocycles. The predicted octanol–water partition coefficient (Wildman–Crippen LogP) is 4.26. The van der Waals surface area contributed by atoms with E-state index in [2.05, 4.69) is 18.1 Å². The van der Waals surface area contributed by atoms with E-state index in [1.165, 1.54) is 24.8 Å². The summed E-state index contributed by atoms with van der Waals surface area (Å²) in [6.07, 6.45) is 15.4. The van der Waals surface area contributed by atoms with Crippen molar-refractivity contribution in [2.45, 2.75) is 94.9 Å². The quantitative estimate of drug-likeness (QED) is 0.649. The van der Waals surface area contributed by atoms with Crippen LogP contribution in [0.25, 0.3) is 0 Å². The van der Waals surface area contributed by atoms with Gasteiger partial charge in [0.1, 0.15) is 0 Å². The van der Waals surface area contributed by atoms with E-state index in [0.717, 1.165) is 57.9 Å². The molecule has 168 valence electrons. The van der Waals surface area contributed by atoms with Gasteiger partial charge < -0.3 is 9.80 Å². The lowest BCUT2D eigenvalue weighted by molar-refractivity contribution is -0.128. The normalized spacial score (nSPS) is 33.8. The number of likely N-dealkylation sites (tertiary alicyclic amines) is 1. The Bertz CT molecular complexity index is 797. The number of sulfone groups is 1. The number of fused-ring (bicyclic) bond motifs is 1. The van der Waals surface area contributed by atoms with E-state index in [1.807, 2.05) is 11.0 Å². The maximum atomic E-state index is 12.8. The van der Waals surface area contributed by atoms with Crippen LogP contribution in [0, 0.1) is 11.8 Å². The van der Waals surface area contributed by atoms with Crippen molar-refractivity contribution in [1.82, 2.24) is 9.80 Å². The maximum Gasteiger partial charge on any atom is 0.223 e. The van der Waals surface area contributed by atoms with Crippen LogP contribution in [0.1, 0.15) is 77.6 Å². The van der Waals surface area contributed by atoms with E-state index in [9.17, 15) is 13.2 Å². The van der Waals surface area contributed by atoms with Crippen molar-refractivity contribution in [3.05, 3.63) is 23.3 Å². The summed E-state index contributed by atoms with van der Waals surface area (Å²) in [7, 11) is -0.931. The number of nitrogens with zero attached hydrogens (tertiary/aromatic N) is 2. The average molecular weight is 435 g/mol. The van der Waals surface area contributed by atoms with Crippen molar-refractivity contribution in [3.63, 3.8) is 0 Å². The molecule has 1 amide bonds. The number of allylic oxidation sites excluding steroid dienone is 1. The van der Waals surface area contributed by atoms with Crippen molar-refractivity contribution >= 4 is 15.7 Å². The summed E-state index contributed by atoms with van der Waals surface area (Å²) in [4.78, 5) is 16.7. The van der Waals surface area contributed by atoms with Gasteiger partial charge in [-0.3, -0.25) is 4.79 Å². The average Bonchev–Trinajstić information content (AvgIpc) is 3.31. The molecule has 2 aliphatic heterocycles. The van der Waals surface area contributed by atoms with Crippen LogP contribution in [-0.2, 0) is 14.6 Å². The highest BCUT2D eigenvalue weighted by Gasteiger charge is 2.42. The summed E-state index contributed by atoms with van der Waals surface area (Å²) in [5.41, 5.74) is 1.40. The summed E-state index contributed by atoms with van der Waals surface area (Å²) in [5.74, 6) is 0.804. The van der Waals surface area contributed by atoms with E-state index >= 15 is 0 Å². The third-order valence-electron chi connectivity index (χ3n) is 8.06. The van der Waals surface area contributed by atoms with E-state index in [4.69, 9.17) is 0 Å². The van der Waals surface area contributed by atoms with Crippen molar-refractivity contribution in [2.75, 3.05) is 13.6 Å². The topological polar surface area (TPSA) is 57.7 Å². The van der Waals surface area contributed by atoms with E-state index < -0.39 is 9.84 Å². The Hall–Kier alpha value is -1.14. The van der Waals surface area contributed by atoms with Crippen molar-refractivity contribution in [1.29, 1.82) is 0 Å². The molecule has 0 N–H and O–H groups in total. The Kier molecular flexibility index (Phi) is 6.73. The molecule has 3 fully saturated rings. The van der Waals surface area contributed by atoms with Gasteiger partial charge in [0.05, 0.1) is 5.25 Å². The molecular formula is C24H38N2O3S. The molecule has 2 aliphatic carbocycles. The third kappa shape index (κ3) is 4.69. The molecule has 6 heteroatoms. The van der Waals surface area contributed by atoms with Crippen LogP contribution in [-0.4, -0.2) is 55.1 Å². The predicted molar refractivity (Wildman–Crippen MR) is 120 cm³/mol. The zero-order valence-electron chi connectivity index (χ0n) is 18.6. The minimum Gasteiger partial charge on any atom is -0.316 e. The van der Waals surface area contributed by atoms with Gasteiger partial charge in [0.2, 0.25) is 5.91 Å². The molecule has 0 spiro atoms. The molecule has 30 heavy (non-hydrogen) atoms. The maximum absolute atomic E-state index is 12.8. The number of hydrogen-bond acceptors (Lipinski definition) is 4. The lowest BCUT2D eigenvalue weighted by atomic mass is 9.75. The standard InChI is InChI=1S/C24H38N2O3S/c1-18(27)26-17-20(16-21-7-6-13-25(21)2)23-15-19(10-11-24(23)26)12-14-30(28,29)22-8-4-3-5-9-22/h12,14,17,19,21-24H,3-11,13,15-16H2,1-2H3/b14-12+/t19?,21-,23?,24?/m1/s1. The van der Waals surface area contributed by atoms with Gasteiger partial charge in [-0.05, 0) is 76.5 Å². The molecule has 4 rings (SSSR count). The van der Waals surface area contributed by atoms with Crippen LogP contribution in [0.15, 0.2) is 23.3 Å². The molecule has 5 nitrogen and oxygen atoms in total. The Labute approximate surface area is 182 Å². The smallest absolute Gasteiger partial charge is 0.223 e. The summed E-state index contributed by atoms with van der Waals surface area (Å²) < 4.78 is 25.5. The van der Waals surface area contributed by atoms with Crippen LogP contribution < -0.4 is 0 Å². The molecule has 0 aromatic heterocycles. The SMILES string of the molecule is CC(=O)N1C=C(C[C@H]2CCCN2C)C2CC(/C=C/S(=O)(=O)C3CCCCC3)CCC21. The number of hydrogen-bond donors (Lipinski definition) is 0. The molecule has 2 heterocycles. The zero-order chi connectivity index (χ0) is 21.3. The van der Waals surface area contributed by atoms with Crippen LogP contribution >= 0.6 is 0 Å². The molecule has 3 unspecified atom stereocenters. The highest BCUT2D eigenvalue weighted by molar-refractivity contribution is 7.94. The molecule has 2 saturated carbocycles. The second kappa shape index (κ2) is 9.15. The Balaban J connectivity index is 1.44. The van der Waals surface area contributed by atoms with Gasteiger partial charge in [0.25, 0.3) is 0 Å². The molecule has 0 aromatic rings. The van der Waals surface area contributed by atoms with Crippen LogP contribution in [0.4, 0.5) is 0 Å². The molecular weight excluding hydrogens is 396 g/mol. The fourth-order valence-electron chi connectivity index (χ4n) is 6.23. The highest BCUT2D eigenvalue weighted by Crippen LogP contribution is 2.44. The minimum absolute atomic E-state index is 0.133. The second-order valence-corrected chi connectivity index (χ2v) is 12.2. The van der Waals surface area contributed by atoms with Gasteiger partial charge in [-0.25, -0.2) is 8.42 Å². The fraction of sp³-hybridized carbons (Fsp3) is 0.792. The Morgan fingerprint density at radius 3 is 2.53 bits per heavy atom. The molecule has 1 saturated heterocycles.